The van der Waals surface area contributed by atoms with Crippen molar-refractivity contribution in [2.45, 2.75) is 45.1 Å². The Hall–Kier alpha value is -1.39. The molecule has 0 N–H and O–H groups in total. The monoisotopic (exact) mass is 362 g/mol. The summed E-state index contributed by atoms with van der Waals surface area (Å²) in [6.07, 6.45) is 5.03. The van der Waals surface area contributed by atoms with Crippen LogP contribution in [0.15, 0.2) is 29.6 Å². The van der Waals surface area contributed by atoms with Gasteiger partial charge in [0.25, 0.3) is 0 Å². The smallest absolute Gasteiger partial charge is 0.228 e. The van der Waals surface area contributed by atoms with E-state index in [4.69, 9.17) is 11.6 Å². The average Bonchev–Trinajstić information content (AvgIpc) is 3.03. The number of carbonyl (C=O) groups is 1. The molecule has 24 heavy (non-hydrogen) atoms. The van der Waals surface area contributed by atoms with E-state index in [-0.39, 0.29) is 5.91 Å². The van der Waals surface area contributed by atoms with Gasteiger partial charge in [0.05, 0.1) is 17.1 Å². The van der Waals surface area contributed by atoms with Crippen molar-refractivity contribution in [2.24, 2.45) is 5.92 Å². The Morgan fingerprint density at radius 1 is 1.29 bits per heavy atom. The van der Waals surface area contributed by atoms with Crippen LogP contribution in [0.4, 0.5) is 0 Å². The van der Waals surface area contributed by atoms with E-state index in [1.165, 1.54) is 12.8 Å². The lowest BCUT2D eigenvalue weighted by Crippen LogP contribution is -2.40. The Bertz CT molecular complexity index is 707. The molecule has 1 aromatic heterocycles. The summed E-state index contributed by atoms with van der Waals surface area (Å²) in [7, 11) is 1.93. The number of hydrogen-bond acceptors (Lipinski definition) is 3. The Morgan fingerprint density at radius 2 is 2.00 bits per heavy atom. The molecule has 3 nitrogen and oxygen atoms in total. The normalized spacial score (nSPS) is 20.8. The summed E-state index contributed by atoms with van der Waals surface area (Å²) in [5.74, 6) is 0.951. The summed E-state index contributed by atoms with van der Waals surface area (Å²) in [6.45, 7) is 2.30. The summed E-state index contributed by atoms with van der Waals surface area (Å²) in [6, 6.07) is 8.06. The predicted molar refractivity (Wildman–Crippen MR) is 100 cm³/mol. The van der Waals surface area contributed by atoms with Crippen molar-refractivity contribution in [3.63, 3.8) is 0 Å². The van der Waals surface area contributed by atoms with Gasteiger partial charge in [-0.05, 0) is 37.7 Å². The highest BCUT2D eigenvalue weighted by atomic mass is 35.5. The van der Waals surface area contributed by atoms with Gasteiger partial charge < -0.3 is 4.90 Å². The maximum atomic E-state index is 12.6. The van der Waals surface area contributed by atoms with Crippen molar-refractivity contribution in [3.05, 3.63) is 40.4 Å². The van der Waals surface area contributed by atoms with Crippen molar-refractivity contribution in [1.29, 1.82) is 0 Å². The lowest BCUT2D eigenvalue weighted by atomic mass is 9.86. The Morgan fingerprint density at radius 3 is 2.71 bits per heavy atom. The zero-order valence-corrected chi connectivity index (χ0v) is 15.7. The maximum Gasteiger partial charge on any atom is 0.228 e. The highest BCUT2D eigenvalue weighted by Crippen LogP contribution is 2.31. The molecule has 1 fully saturated rings. The molecular weight excluding hydrogens is 340 g/mol. The molecule has 2 aromatic rings. The quantitative estimate of drug-likeness (QED) is 0.763. The second-order valence-electron chi connectivity index (χ2n) is 6.72. The van der Waals surface area contributed by atoms with Gasteiger partial charge in [-0.25, -0.2) is 4.98 Å². The SMILES string of the molecule is CC1CCC(N(C)C(=O)Cc2csc(-c3ccccc3Cl)n2)CC1. The van der Waals surface area contributed by atoms with E-state index in [0.29, 0.717) is 17.5 Å². The Kier molecular flexibility index (Phi) is 5.57. The Labute approximate surface area is 152 Å². The highest BCUT2D eigenvalue weighted by molar-refractivity contribution is 7.13. The van der Waals surface area contributed by atoms with Crippen LogP contribution < -0.4 is 0 Å². The van der Waals surface area contributed by atoms with Crippen LogP contribution in [0.1, 0.15) is 38.3 Å². The zero-order chi connectivity index (χ0) is 17.1. The molecule has 0 radical (unpaired) electrons. The van der Waals surface area contributed by atoms with Crippen LogP contribution in [0, 0.1) is 5.92 Å². The number of thiazole rings is 1. The molecule has 0 unspecified atom stereocenters. The van der Waals surface area contributed by atoms with Gasteiger partial charge in [0.2, 0.25) is 5.91 Å². The second kappa shape index (κ2) is 7.66. The predicted octanol–water partition coefficient (Wildman–Crippen LogP) is 5.04. The minimum Gasteiger partial charge on any atom is -0.342 e. The summed E-state index contributed by atoms with van der Waals surface area (Å²) in [4.78, 5) is 19.1. The summed E-state index contributed by atoms with van der Waals surface area (Å²) < 4.78 is 0. The molecule has 1 amide bonds. The molecule has 128 valence electrons. The van der Waals surface area contributed by atoms with Crippen LogP contribution in [0.3, 0.4) is 0 Å². The first-order chi connectivity index (χ1) is 11.5. The average molecular weight is 363 g/mol. The Balaban J connectivity index is 1.64. The fraction of sp³-hybridized carbons (Fsp3) is 0.474. The van der Waals surface area contributed by atoms with Gasteiger partial charge in [0, 0.05) is 24.0 Å². The van der Waals surface area contributed by atoms with Crippen molar-refractivity contribution in [2.75, 3.05) is 7.05 Å². The lowest BCUT2D eigenvalue weighted by Gasteiger charge is -2.33. The highest BCUT2D eigenvalue weighted by Gasteiger charge is 2.25. The molecular formula is C19H23ClN2OS. The third-order valence-corrected chi connectivity index (χ3v) is 6.17. The zero-order valence-electron chi connectivity index (χ0n) is 14.2. The molecule has 1 aliphatic rings. The first-order valence-corrected chi connectivity index (χ1v) is 9.75. The van der Waals surface area contributed by atoms with Crippen molar-refractivity contribution in [1.82, 2.24) is 9.88 Å². The third kappa shape index (κ3) is 3.98. The van der Waals surface area contributed by atoms with Gasteiger partial charge in [-0.3, -0.25) is 4.79 Å². The third-order valence-electron chi connectivity index (χ3n) is 4.91. The van der Waals surface area contributed by atoms with Gasteiger partial charge in [-0.2, -0.15) is 0 Å². The first-order valence-electron chi connectivity index (χ1n) is 8.49. The number of rotatable bonds is 4. The van der Waals surface area contributed by atoms with Gasteiger partial charge in [-0.15, -0.1) is 11.3 Å². The number of likely N-dealkylation sites (N-methyl/N-ethyl adjacent to an activating group) is 1. The van der Waals surface area contributed by atoms with Crippen LogP contribution >= 0.6 is 22.9 Å². The summed E-state index contributed by atoms with van der Waals surface area (Å²) >= 11 is 7.77. The molecule has 3 rings (SSSR count). The van der Waals surface area contributed by atoms with E-state index in [2.05, 4.69) is 11.9 Å². The van der Waals surface area contributed by atoms with Crippen molar-refractivity contribution < 1.29 is 4.79 Å². The number of hydrogen-bond donors (Lipinski definition) is 0. The van der Waals surface area contributed by atoms with Gasteiger partial charge in [0.15, 0.2) is 0 Å². The lowest BCUT2D eigenvalue weighted by molar-refractivity contribution is -0.132. The number of halogens is 1. The standard InChI is InChI=1S/C19H23ClN2OS/c1-13-7-9-15(10-8-13)22(2)18(23)11-14-12-24-19(21-14)16-5-3-4-6-17(16)20/h3-6,12-13,15H,7-11H2,1-2H3. The van der Waals surface area contributed by atoms with Crippen LogP contribution in [-0.2, 0) is 11.2 Å². The van der Waals surface area contributed by atoms with E-state index in [0.717, 1.165) is 35.0 Å². The minimum absolute atomic E-state index is 0.158. The van der Waals surface area contributed by atoms with Crippen molar-refractivity contribution >= 4 is 28.8 Å². The molecule has 5 heteroatoms. The van der Waals surface area contributed by atoms with E-state index in [9.17, 15) is 4.79 Å². The van der Waals surface area contributed by atoms with Crippen molar-refractivity contribution in [3.8, 4) is 10.6 Å². The van der Waals surface area contributed by atoms with Gasteiger partial charge in [-0.1, -0.05) is 36.7 Å². The van der Waals surface area contributed by atoms with Crippen LogP contribution in [-0.4, -0.2) is 28.9 Å². The molecule has 1 aromatic carbocycles. The number of amides is 1. The van der Waals surface area contributed by atoms with E-state index >= 15 is 0 Å². The molecule has 1 heterocycles. The van der Waals surface area contributed by atoms with Gasteiger partial charge in [0.1, 0.15) is 5.01 Å². The molecule has 0 bridgehead atoms. The maximum absolute atomic E-state index is 12.6. The molecule has 0 aliphatic heterocycles. The molecule has 0 saturated heterocycles. The first kappa shape index (κ1) is 17.4. The molecule has 1 saturated carbocycles. The minimum atomic E-state index is 0.158. The number of nitrogens with zero attached hydrogens (tertiary/aromatic N) is 2. The number of carbonyl (C=O) groups excluding carboxylic acids is 1. The van der Waals surface area contributed by atoms with Crippen LogP contribution in [0.2, 0.25) is 5.02 Å². The molecule has 0 spiro atoms. The van der Waals surface area contributed by atoms with Gasteiger partial charge >= 0.3 is 0 Å². The van der Waals surface area contributed by atoms with E-state index in [1.54, 1.807) is 11.3 Å². The van der Waals surface area contributed by atoms with Crippen LogP contribution in [0.5, 0.6) is 0 Å². The number of benzene rings is 1. The van der Waals surface area contributed by atoms with E-state index in [1.807, 2.05) is 41.6 Å². The fourth-order valence-electron chi connectivity index (χ4n) is 3.26. The largest absolute Gasteiger partial charge is 0.342 e. The number of aromatic nitrogens is 1. The van der Waals surface area contributed by atoms with E-state index < -0.39 is 0 Å². The second-order valence-corrected chi connectivity index (χ2v) is 7.98. The van der Waals surface area contributed by atoms with Crippen LogP contribution in [0.25, 0.3) is 10.6 Å². The molecule has 1 aliphatic carbocycles. The summed E-state index contributed by atoms with van der Waals surface area (Å²) in [5.41, 5.74) is 1.76. The fourth-order valence-corrected chi connectivity index (χ4v) is 4.40. The molecule has 0 atom stereocenters. The summed E-state index contributed by atoms with van der Waals surface area (Å²) in [5, 5.41) is 3.53. The topological polar surface area (TPSA) is 33.2 Å².